The first-order valence-electron chi connectivity index (χ1n) is 6.43. The summed E-state index contributed by atoms with van der Waals surface area (Å²) < 4.78 is 5.44. The van der Waals surface area contributed by atoms with Gasteiger partial charge >= 0.3 is 6.01 Å². The van der Waals surface area contributed by atoms with Gasteiger partial charge in [0.25, 0.3) is 0 Å². The fourth-order valence-electron chi connectivity index (χ4n) is 1.44. The molecule has 0 unspecified atom stereocenters. The molecule has 0 saturated heterocycles. The Balaban J connectivity index is 2.05. The lowest BCUT2D eigenvalue weighted by Crippen LogP contribution is -2.09. The fraction of sp³-hybridized carbons (Fsp3) is 0.500. The molecule has 0 bridgehead atoms. The zero-order chi connectivity index (χ0) is 14.4. The molecule has 0 atom stereocenters. The Bertz CT molecular complexity index is 559. The van der Waals surface area contributed by atoms with Gasteiger partial charge in [0.05, 0.1) is 13.2 Å². The molecule has 2 aromatic heterocycles. The van der Waals surface area contributed by atoms with Crippen LogP contribution in [-0.4, -0.2) is 33.6 Å². The maximum Gasteiger partial charge on any atom is 0.323 e. The van der Waals surface area contributed by atoms with Crippen molar-refractivity contribution in [2.75, 3.05) is 24.3 Å². The van der Waals surface area contributed by atoms with Crippen LogP contribution in [0.3, 0.4) is 0 Å². The number of nitrogens with zero attached hydrogens (tertiary/aromatic N) is 4. The van der Waals surface area contributed by atoms with Gasteiger partial charge in [-0.25, -0.2) is 4.98 Å². The molecule has 0 fully saturated rings. The Morgan fingerprint density at radius 3 is 2.70 bits per heavy atom. The average Bonchev–Trinajstić information content (AvgIpc) is 2.88. The summed E-state index contributed by atoms with van der Waals surface area (Å²) >= 11 is 1.64. The molecule has 2 heterocycles. The van der Waals surface area contributed by atoms with Gasteiger partial charge in [0.15, 0.2) is 0 Å². The number of aromatic nitrogens is 4. The molecule has 0 radical (unpaired) electrons. The van der Waals surface area contributed by atoms with Crippen molar-refractivity contribution in [3.05, 3.63) is 16.1 Å². The van der Waals surface area contributed by atoms with E-state index < -0.39 is 0 Å². The molecule has 0 amide bonds. The van der Waals surface area contributed by atoms with Crippen molar-refractivity contribution in [2.45, 2.75) is 26.8 Å². The van der Waals surface area contributed by atoms with Crippen LogP contribution >= 0.6 is 11.3 Å². The minimum absolute atomic E-state index is 0.323. The van der Waals surface area contributed by atoms with Crippen LogP contribution in [0.4, 0.5) is 11.9 Å². The highest BCUT2D eigenvalue weighted by atomic mass is 32.1. The summed E-state index contributed by atoms with van der Waals surface area (Å²) in [4.78, 5) is 18.1. The van der Waals surface area contributed by atoms with Gasteiger partial charge in [0.2, 0.25) is 11.9 Å². The van der Waals surface area contributed by atoms with E-state index in [1.807, 2.05) is 20.0 Å². The SMILES string of the molecule is CCCOc1nc(NC)nc(NCc2ncc(C)s2)n1. The summed E-state index contributed by atoms with van der Waals surface area (Å²) in [7, 11) is 1.76. The van der Waals surface area contributed by atoms with Crippen molar-refractivity contribution in [1.29, 1.82) is 0 Å². The normalized spacial score (nSPS) is 10.3. The number of hydrogen-bond acceptors (Lipinski definition) is 8. The Morgan fingerprint density at radius 2 is 2.05 bits per heavy atom. The Hall–Kier alpha value is -1.96. The largest absolute Gasteiger partial charge is 0.463 e. The first-order chi connectivity index (χ1) is 9.71. The molecule has 2 rings (SSSR count). The molecule has 0 aliphatic heterocycles. The minimum atomic E-state index is 0.323. The Morgan fingerprint density at radius 1 is 1.25 bits per heavy atom. The third-order valence-corrected chi connectivity index (χ3v) is 3.25. The van der Waals surface area contributed by atoms with Crippen molar-refractivity contribution in [3.63, 3.8) is 0 Å². The van der Waals surface area contributed by atoms with Gasteiger partial charge in [0.1, 0.15) is 5.01 Å². The fourth-order valence-corrected chi connectivity index (χ4v) is 2.17. The summed E-state index contributed by atoms with van der Waals surface area (Å²) in [5, 5.41) is 7.01. The van der Waals surface area contributed by atoms with E-state index in [1.165, 1.54) is 4.88 Å². The molecule has 0 aromatic carbocycles. The van der Waals surface area contributed by atoms with Crippen molar-refractivity contribution < 1.29 is 4.74 Å². The molecule has 0 saturated carbocycles. The minimum Gasteiger partial charge on any atom is -0.463 e. The predicted octanol–water partition coefficient (Wildman–Crippen LogP) is 2.08. The standard InChI is InChI=1S/C12H18N6OS/c1-4-5-19-12-17-10(13-3)16-11(18-12)15-7-9-14-6-8(2)20-9/h6H,4-5,7H2,1-3H3,(H2,13,15,16,17,18). The Kier molecular flexibility index (Phi) is 5.05. The van der Waals surface area contributed by atoms with Crippen LogP contribution in [0, 0.1) is 6.92 Å². The van der Waals surface area contributed by atoms with E-state index in [1.54, 1.807) is 18.4 Å². The number of hydrogen-bond donors (Lipinski definition) is 2. The van der Waals surface area contributed by atoms with Gasteiger partial charge in [0, 0.05) is 18.1 Å². The van der Waals surface area contributed by atoms with Crippen LogP contribution < -0.4 is 15.4 Å². The quantitative estimate of drug-likeness (QED) is 0.808. The molecule has 7 nitrogen and oxygen atoms in total. The van der Waals surface area contributed by atoms with E-state index in [4.69, 9.17) is 4.74 Å². The number of rotatable bonds is 7. The molecule has 2 N–H and O–H groups in total. The lowest BCUT2D eigenvalue weighted by Gasteiger charge is -2.08. The van der Waals surface area contributed by atoms with Crippen LogP contribution in [0.25, 0.3) is 0 Å². The molecule has 8 heteroatoms. The zero-order valence-corrected chi connectivity index (χ0v) is 12.6. The highest BCUT2D eigenvalue weighted by Crippen LogP contribution is 2.14. The van der Waals surface area contributed by atoms with Crippen molar-refractivity contribution in [3.8, 4) is 6.01 Å². The van der Waals surface area contributed by atoms with Gasteiger partial charge in [-0.1, -0.05) is 6.92 Å². The molecule has 0 spiro atoms. The second-order valence-electron chi connectivity index (χ2n) is 4.08. The van der Waals surface area contributed by atoms with E-state index in [0.717, 1.165) is 11.4 Å². The van der Waals surface area contributed by atoms with Crippen LogP contribution in [0.5, 0.6) is 6.01 Å². The second kappa shape index (κ2) is 6.99. The molecular weight excluding hydrogens is 276 g/mol. The van der Waals surface area contributed by atoms with Crippen molar-refractivity contribution >= 4 is 23.2 Å². The molecule has 108 valence electrons. The molecule has 2 aromatic rings. The highest BCUT2D eigenvalue weighted by molar-refractivity contribution is 7.11. The zero-order valence-electron chi connectivity index (χ0n) is 11.8. The van der Waals surface area contributed by atoms with E-state index >= 15 is 0 Å². The topological polar surface area (TPSA) is 84.9 Å². The number of nitrogens with one attached hydrogen (secondary N) is 2. The smallest absolute Gasteiger partial charge is 0.323 e. The maximum atomic E-state index is 5.44. The summed E-state index contributed by atoms with van der Waals surface area (Å²) in [6.07, 6.45) is 2.76. The van der Waals surface area contributed by atoms with Crippen LogP contribution in [0.2, 0.25) is 0 Å². The first kappa shape index (κ1) is 14.4. The van der Waals surface area contributed by atoms with Crippen molar-refractivity contribution in [2.24, 2.45) is 0 Å². The van der Waals surface area contributed by atoms with Gasteiger partial charge in [-0.2, -0.15) is 15.0 Å². The van der Waals surface area contributed by atoms with Gasteiger partial charge in [-0.15, -0.1) is 11.3 Å². The summed E-state index contributed by atoms with van der Waals surface area (Å²) in [6, 6.07) is 0.323. The highest BCUT2D eigenvalue weighted by Gasteiger charge is 2.07. The van der Waals surface area contributed by atoms with Gasteiger partial charge in [-0.05, 0) is 13.3 Å². The van der Waals surface area contributed by atoms with Gasteiger partial charge < -0.3 is 15.4 Å². The number of anilines is 2. The summed E-state index contributed by atoms with van der Waals surface area (Å²) in [5.41, 5.74) is 0. The summed E-state index contributed by atoms with van der Waals surface area (Å²) in [5.74, 6) is 0.951. The van der Waals surface area contributed by atoms with Crippen molar-refractivity contribution in [1.82, 2.24) is 19.9 Å². The van der Waals surface area contributed by atoms with Crippen LogP contribution in [-0.2, 0) is 6.54 Å². The lowest BCUT2D eigenvalue weighted by molar-refractivity contribution is 0.292. The lowest BCUT2D eigenvalue weighted by atomic mass is 10.5. The van der Waals surface area contributed by atoms with Crippen LogP contribution in [0.15, 0.2) is 6.20 Å². The first-order valence-corrected chi connectivity index (χ1v) is 7.24. The third-order valence-electron chi connectivity index (χ3n) is 2.34. The summed E-state index contributed by atoms with van der Waals surface area (Å²) in [6.45, 7) is 5.22. The van der Waals surface area contributed by atoms with E-state index in [2.05, 4.69) is 30.6 Å². The van der Waals surface area contributed by atoms with E-state index in [9.17, 15) is 0 Å². The molecule has 0 aliphatic rings. The Labute approximate surface area is 121 Å². The third kappa shape index (κ3) is 4.02. The monoisotopic (exact) mass is 294 g/mol. The molecule has 20 heavy (non-hydrogen) atoms. The maximum absolute atomic E-state index is 5.44. The van der Waals surface area contributed by atoms with E-state index in [-0.39, 0.29) is 0 Å². The molecule has 0 aliphatic carbocycles. The average molecular weight is 294 g/mol. The molecular formula is C12H18N6OS. The van der Waals surface area contributed by atoms with E-state index in [0.29, 0.717) is 31.1 Å². The number of ether oxygens (including phenoxy) is 1. The van der Waals surface area contributed by atoms with Crippen LogP contribution in [0.1, 0.15) is 23.2 Å². The number of aryl methyl sites for hydroxylation is 1. The second-order valence-corrected chi connectivity index (χ2v) is 5.40. The predicted molar refractivity (Wildman–Crippen MR) is 79.3 cm³/mol. The number of thiazole rings is 1. The van der Waals surface area contributed by atoms with Gasteiger partial charge in [-0.3, -0.25) is 0 Å².